The number of nitrogens with zero attached hydrogens (tertiary/aromatic N) is 4. The first kappa shape index (κ1) is 8.20. The predicted octanol–water partition coefficient (Wildman–Crippen LogP) is 0.320. The van der Waals surface area contributed by atoms with E-state index >= 15 is 0 Å². The van der Waals surface area contributed by atoms with Crippen LogP contribution in [0.25, 0.3) is 4.98 Å². The number of aromatic nitrogens is 2. The summed E-state index contributed by atoms with van der Waals surface area (Å²) in [6.45, 7) is 0. The zero-order chi connectivity index (χ0) is 9.14. The molecule has 1 aromatic rings. The standard InChI is InChI=1S/C6H7N5O/c1-11(2)5-4(10-7)6(12)9-3-8-5/h3H,1-2H3/p+1. The van der Waals surface area contributed by atoms with Gasteiger partial charge in [-0.15, -0.1) is 0 Å². The van der Waals surface area contributed by atoms with E-state index in [2.05, 4.69) is 14.9 Å². The van der Waals surface area contributed by atoms with Gasteiger partial charge in [-0.3, -0.25) is 4.79 Å². The molecular weight excluding hydrogens is 158 g/mol. The maximum atomic E-state index is 11.0. The van der Waals surface area contributed by atoms with Crippen molar-refractivity contribution < 1.29 is 0 Å². The van der Waals surface area contributed by atoms with Gasteiger partial charge >= 0.3 is 11.2 Å². The van der Waals surface area contributed by atoms with Crippen molar-refractivity contribution in [2.24, 2.45) is 0 Å². The summed E-state index contributed by atoms with van der Waals surface area (Å²) in [5.74, 6) is 0.334. The minimum absolute atomic E-state index is 0.0810. The highest BCUT2D eigenvalue weighted by Gasteiger charge is 2.21. The summed E-state index contributed by atoms with van der Waals surface area (Å²) >= 11 is 0. The second-order valence-corrected chi connectivity index (χ2v) is 2.40. The highest BCUT2D eigenvalue weighted by molar-refractivity contribution is 5.63. The van der Waals surface area contributed by atoms with E-state index in [9.17, 15) is 4.79 Å². The molecule has 0 aromatic carbocycles. The Kier molecular flexibility index (Phi) is 2.05. The number of hydrogen-bond donors (Lipinski definition) is 1. The fraction of sp³-hybridized carbons (Fsp3) is 0.333. The Morgan fingerprint density at radius 1 is 1.67 bits per heavy atom. The highest BCUT2D eigenvalue weighted by Crippen LogP contribution is 2.17. The molecule has 0 bridgehead atoms. The van der Waals surface area contributed by atoms with E-state index in [4.69, 9.17) is 5.39 Å². The third-order valence-corrected chi connectivity index (χ3v) is 1.33. The maximum Gasteiger partial charge on any atom is 0.490 e. The molecule has 62 valence electrons. The van der Waals surface area contributed by atoms with Gasteiger partial charge in [-0.2, -0.15) is 0 Å². The predicted molar refractivity (Wildman–Crippen MR) is 43.9 cm³/mol. The lowest BCUT2D eigenvalue weighted by Gasteiger charge is -2.05. The van der Waals surface area contributed by atoms with Crippen LogP contribution in [0.4, 0.5) is 11.5 Å². The molecule has 0 aliphatic carbocycles. The Morgan fingerprint density at radius 3 is 2.75 bits per heavy atom. The molecule has 1 N–H and O–H groups in total. The van der Waals surface area contributed by atoms with E-state index < -0.39 is 5.56 Å². The number of rotatable bonds is 1. The van der Waals surface area contributed by atoms with Crippen LogP contribution in [0.2, 0.25) is 0 Å². The zero-order valence-electron chi connectivity index (χ0n) is 6.77. The van der Waals surface area contributed by atoms with Crippen LogP contribution in [0.1, 0.15) is 0 Å². The summed E-state index contributed by atoms with van der Waals surface area (Å²) in [7, 11) is 3.41. The minimum atomic E-state index is -0.462. The first-order chi connectivity index (χ1) is 5.66. The Labute approximate surface area is 68.5 Å². The summed E-state index contributed by atoms with van der Waals surface area (Å²) in [5, 5.41) is 8.49. The van der Waals surface area contributed by atoms with Crippen LogP contribution in [0, 0.1) is 5.39 Å². The topological polar surface area (TPSA) is 77.1 Å². The molecule has 6 nitrogen and oxygen atoms in total. The normalized spacial score (nSPS) is 9.08. The maximum absolute atomic E-state index is 11.0. The molecular formula is C6H8N5O+. The molecule has 12 heavy (non-hydrogen) atoms. The van der Waals surface area contributed by atoms with Gasteiger partial charge in [0.2, 0.25) is 11.2 Å². The fourth-order valence-electron chi connectivity index (χ4n) is 0.800. The van der Waals surface area contributed by atoms with Crippen molar-refractivity contribution in [3.63, 3.8) is 0 Å². The van der Waals surface area contributed by atoms with E-state index in [0.717, 1.165) is 0 Å². The first-order valence-corrected chi connectivity index (χ1v) is 3.27. The van der Waals surface area contributed by atoms with Crippen molar-refractivity contribution in [3.05, 3.63) is 21.7 Å². The van der Waals surface area contributed by atoms with Gasteiger partial charge < -0.3 is 9.88 Å². The molecule has 0 saturated carbocycles. The lowest BCUT2D eigenvalue weighted by atomic mass is 10.4. The van der Waals surface area contributed by atoms with Gasteiger partial charge in [0.15, 0.2) is 4.98 Å². The largest absolute Gasteiger partial charge is 0.490 e. The van der Waals surface area contributed by atoms with Crippen molar-refractivity contribution in [3.8, 4) is 0 Å². The molecule has 0 spiro atoms. The van der Waals surface area contributed by atoms with Gasteiger partial charge in [0, 0.05) is 14.1 Å². The minimum Gasteiger partial charge on any atom is -0.356 e. The van der Waals surface area contributed by atoms with E-state index in [0.29, 0.717) is 5.82 Å². The van der Waals surface area contributed by atoms with Crippen molar-refractivity contribution >= 4 is 11.5 Å². The molecule has 6 heteroatoms. The molecule has 0 aliphatic rings. The van der Waals surface area contributed by atoms with Crippen LogP contribution in [0.3, 0.4) is 0 Å². The summed E-state index contributed by atoms with van der Waals surface area (Å²) < 4.78 is 0. The Balaban J connectivity index is 3.41. The summed E-state index contributed by atoms with van der Waals surface area (Å²) in [6, 6.07) is 0. The Morgan fingerprint density at radius 2 is 2.33 bits per heavy atom. The number of diazo groups is 1. The molecule has 0 aliphatic heterocycles. The summed E-state index contributed by atoms with van der Waals surface area (Å²) in [6.07, 6.45) is 1.26. The average molecular weight is 166 g/mol. The molecule has 1 aromatic heterocycles. The van der Waals surface area contributed by atoms with Gasteiger partial charge in [0.1, 0.15) is 0 Å². The van der Waals surface area contributed by atoms with Crippen LogP contribution in [-0.4, -0.2) is 24.1 Å². The monoisotopic (exact) mass is 166 g/mol. The molecule has 0 amide bonds. The van der Waals surface area contributed by atoms with E-state index in [1.165, 1.54) is 6.33 Å². The highest BCUT2D eigenvalue weighted by atomic mass is 16.1. The molecule has 0 radical (unpaired) electrons. The summed E-state index contributed by atoms with van der Waals surface area (Å²) in [5.41, 5.74) is -0.543. The Bertz CT molecular complexity index is 374. The van der Waals surface area contributed by atoms with Crippen molar-refractivity contribution in [2.45, 2.75) is 0 Å². The van der Waals surface area contributed by atoms with Gasteiger partial charge in [-0.1, -0.05) is 0 Å². The quantitative estimate of drug-likeness (QED) is 0.609. The third-order valence-electron chi connectivity index (χ3n) is 1.33. The lowest BCUT2D eigenvalue weighted by molar-refractivity contribution is 1.03. The number of aromatic amines is 1. The van der Waals surface area contributed by atoms with Crippen molar-refractivity contribution in [2.75, 3.05) is 19.0 Å². The number of H-pyrrole nitrogens is 1. The van der Waals surface area contributed by atoms with Crippen LogP contribution in [0.15, 0.2) is 11.1 Å². The summed E-state index contributed by atoms with van der Waals surface area (Å²) in [4.78, 5) is 21.6. The van der Waals surface area contributed by atoms with E-state index in [1.807, 2.05) is 0 Å². The smallest absolute Gasteiger partial charge is 0.356 e. The van der Waals surface area contributed by atoms with Gasteiger partial charge in [0.05, 0.1) is 6.33 Å². The molecule has 1 rings (SSSR count). The molecule has 0 saturated heterocycles. The van der Waals surface area contributed by atoms with Gasteiger partial charge in [-0.05, 0) is 0 Å². The second kappa shape index (κ2) is 3.00. The lowest BCUT2D eigenvalue weighted by Crippen LogP contribution is -2.16. The first-order valence-electron chi connectivity index (χ1n) is 3.27. The number of anilines is 1. The van der Waals surface area contributed by atoms with Crippen molar-refractivity contribution in [1.82, 2.24) is 9.97 Å². The third kappa shape index (κ3) is 1.25. The Hall–Kier alpha value is -1.90. The van der Waals surface area contributed by atoms with Crippen LogP contribution >= 0.6 is 0 Å². The van der Waals surface area contributed by atoms with Crippen molar-refractivity contribution in [1.29, 1.82) is 5.39 Å². The van der Waals surface area contributed by atoms with Gasteiger partial charge in [0.25, 0.3) is 0 Å². The average Bonchev–Trinajstić information content (AvgIpc) is 2.03. The molecule has 0 fully saturated rings. The van der Waals surface area contributed by atoms with Gasteiger partial charge in [-0.25, -0.2) is 4.98 Å². The number of hydrogen-bond acceptors (Lipinski definition) is 4. The molecule has 1 heterocycles. The van der Waals surface area contributed by atoms with E-state index in [1.54, 1.807) is 19.0 Å². The van der Waals surface area contributed by atoms with E-state index in [-0.39, 0.29) is 5.69 Å². The van der Waals surface area contributed by atoms with Crippen LogP contribution in [0.5, 0.6) is 0 Å². The fourth-order valence-corrected chi connectivity index (χ4v) is 0.800. The molecule has 0 atom stereocenters. The zero-order valence-corrected chi connectivity index (χ0v) is 6.77. The van der Waals surface area contributed by atoms with Crippen LogP contribution < -0.4 is 10.5 Å². The second-order valence-electron chi connectivity index (χ2n) is 2.40. The SMILES string of the molecule is CN(C)c1nc[nH]c(=O)c1[N+]#N. The van der Waals surface area contributed by atoms with Crippen LogP contribution in [-0.2, 0) is 0 Å². The molecule has 0 unspecified atom stereocenters. The number of nitrogens with one attached hydrogen (secondary N) is 1.